The van der Waals surface area contributed by atoms with Crippen LogP contribution in [-0.2, 0) is 19.1 Å². The van der Waals surface area contributed by atoms with Gasteiger partial charge in [-0.15, -0.1) is 11.8 Å². The fourth-order valence-electron chi connectivity index (χ4n) is 2.19. The molecule has 0 bridgehead atoms. The van der Waals surface area contributed by atoms with Crippen LogP contribution in [0.5, 0.6) is 0 Å². The van der Waals surface area contributed by atoms with Crippen molar-refractivity contribution in [1.82, 2.24) is 0 Å². The lowest BCUT2D eigenvalue weighted by molar-refractivity contribution is -0.143. The van der Waals surface area contributed by atoms with E-state index in [1.165, 1.54) is 20.3 Å². The number of carbonyl (C=O) groups excluding carboxylic acids is 2. The van der Waals surface area contributed by atoms with Gasteiger partial charge >= 0.3 is 11.9 Å². The van der Waals surface area contributed by atoms with Crippen LogP contribution in [0.1, 0.15) is 11.1 Å². The van der Waals surface area contributed by atoms with Crippen LogP contribution in [0.25, 0.3) is 12.2 Å². The van der Waals surface area contributed by atoms with E-state index in [0.717, 1.165) is 21.8 Å². The van der Waals surface area contributed by atoms with Crippen LogP contribution in [0, 0.1) is 0 Å². The molecule has 0 aliphatic carbocycles. The molecule has 2 aromatic carbocycles. The molecule has 134 valence electrons. The molecule has 0 N–H and O–H groups in total. The van der Waals surface area contributed by atoms with Gasteiger partial charge in [-0.05, 0) is 23.3 Å². The van der Waals surface area contributed by atoms with Gasteiger partial charge in [0.2, 0.25) is 0 Å². The number of rotatable bonds is 7. The normalized spacial score (nSPS) is 10.4. The minimum Gasteiger partial charge on any atom is -0.465 e. The molecule has 0 saturated carbocycles. The zero-order valence-electron chi connectivity index (χ0n) is 14.7. The number of thioether (sulfide) groups is 1. The summed E-state index contributed by atoms with van der Waals surface area (Å²) in [4.78, 5) is 24.6. The van der Waals surface area contributed by atoms with Crippen LogP contribution in [0.4, 0.5) is 0 Å². The quantitative estimate of drug-likeness (QED) is 0.241. The van der Waals surface area contributed by atoms with Crippen LogP contribution in [0.2, 0.25) is 0 Å². The van der Waals surface area contributed by atoms with Gasteiger partial charge in [-0.2, -0.15) is 0 Å². The summed E-state index contributed by atoms with van der Waals surface area (Å²) >= 11 is 1.61. The first-order valence-electron chi connectivity index (χ1n) is 7.97. The molecule has 26 heavy (non-hydrogen) atoms. The van der Waals surface area contributed by atoms with Gasteiger partial charge in [0.15, 0.2) is 0 Å². The predicted molar refractivity (Wildman–Crippen MR) is 105 cm³/mol. The van der Waals surface area contributed by atoms with Gasteiger partial charge in [0.05, 0.1) is 14.2 Å². The van der Waals surface area contributed by atoms with E-state index >= 15 is 0 Å². The summed E-state index contributed by atoms with van der Waals surface area (Å²) in [5, 5.41) is 0. The maximum absolute atomic E-state index is 11.8. The zero-order chi connectivity index (χ0) is 18.8. The van der Waals surface area contributed by atoms with E-state index in [4.69, 9.17) is 0 Å². The molecule has 0 heterocycles. The first kappa shape index (κ1) is 19.5. The molecule has 4 nitrogen and oxygen atoms in total. The lowest BCUT2D eigenvalue weighted by Crippen LogP contribution is -2.15. The van der Waals surface area contributed by atoms with E-state index in [2.05, 4.69) is 21.6 Å². The van der Waals surface area contributed by atoms with Crippen molar-refractivity contribution in [2.24, 2.45) is 0 Å². The minimum atomic E-state index is -0.722. The number of carbonyl (C=O) groups is 2. The maximum Gasteiger partial charge on any atom is 0.345 e. The predicted octanol–water partition coefficient (Wildman–Crippen LogP) is 4.22. The summed E-state index contributed by atoms with van der Waals surface area (Å²) < 4.78 is 9.34. The molecule has 0 aliphatic heterocycles. The maximum atomic E-state index is 11.8. The van der Waals surface area contributed by atoms with Crippen LogP contribution in [-0.4, -0.2) is 31.9 Å². The largest absolute Gasteiger partial charge is 0.465 e. The van der Waals surface area contributed by atoms with Gasteiger partial charge in [0, 0.05) is 10.6 Å². The fourth-order valence-corrected chi connectivity index (χ4v) is 3.03. The Hall–Kier alpha value is -2.79. The lowest BCUT2D eigenvalue weighted by Gasteiger charge is -2.07. The third-order valence-corrected chi connectivity index (χ3v) is 4.52. The molecule has 0 radical (unpaired) electrons. The van der Waals surface area contributed by atoms with Crippen molar-refractivity contribution in [2.45, 2.75) is 4.90 Å². The van der Waals surface area contributed by atoms with Crippen LogP contribution in [0.15, 0.2) is 71.1 Å². The lowest BCUT2D eigenvalue weighted by atomic mass is 10.1. The Morgan fingerprint density at radius 2 is 1.54 bits per heavy atom. The Morgan fingerprint density at radius 3 is 2.19 bits per heavy atom. The van der Waals surface area contributed by atoms with Gasteiger partial charge < -0.3 is 9.47 Å². The monoisotopic (exact) mass is 368 g/mol. The molecule has 2 aromatic rings. The van der Waals surface area contributed by atoms with Gasteiger partial charge in [-0.1, -0.05) is 60.7 Å². The highest BCUT2D eigenvalue weighted by molar-refractivity contribution is 7.99. The average molecular weight is 368 g/mol. The number of benzene rings is 2. The van der Waals surface area contributed by atoms with Crippen molar-refractivity contribution < 1.29 is 19.1 Å². The summed E-state index contributed by atoms with van der Waals surface area (Å²) in [6.45, 7) is 0. The second kappa shape index (κ2) is 10.3. The average Bonchev–Trinajstić information content (AvgIpc) is 2.70. The van der Waals surface area contributed by atoms with E-state index in [9.17, 15) is 9.59 Å². The minimum absolute atomic E-state index is 0.136. The van der Waals surface area contributed by atoms with E-state index in [0.29, 0.717) is 0 Å². The van der Waals surface area contributed by atoms with Gasteiger partial charge in [-0.25, -0.2) is 9.59 Å². The zero-order valence-corrected chi connectivity index (χ0v) is 15.5. The van der Waals surface area contributed by atoms with Crippen molar-refractivity contribution in [3.05, 3.63) is 77.4 Å². The number of hydrogen-bond donors (Lipinski definition) is 0. The summed E-state index contributed by atoms with van der Waals surface area (Å²) in [5.74, 6) is -0.688. The summed E-state index contributed by atoms with van der Waals surface area (Å²) in [6, 6.07) is 17.6. The standard InChI is InChI=1S/C21H20O4S/c1-24-20(22)18(21(23)25-2)15-17-12-6-7-13-19(17)26-14-8-11-16-9-4-3-5-10-16/h3-13,15H,14H2,1-2H3/b11-8+. The summed E-state index contributed by atoms with van der Waals surface area (Å²) in [7, 11) is 2.46. The first-order valence-corrected chi connectivity index (χ1v) is 8.96. The van der Waals surface area contributed by atoms with Gasteiger partial charge in [0.1, 0.15) is 5.57 Å². The SMILES string of the molecule is COC(=O)C(=Cc1ccccc1SC/C=C/c1ccccc1)C(=O)OC. The van der Waals surface area contributed by atoms with E-state index in [-0.39, 0.29) is 5.57 Å². The van der Waals surface area contributed by atoms with Gasteiger partial charge in [-0.3, -0.25) is 0 Å². The highest BCUT2D eigenvalue weighted by atomic mass is 32.2. The summed E-state index contributed by atoms with van der Waals surface area (Å²) in [6.07, 6.45) is 5.63. The molecule has 0 unspecified atom stereocenters. The van der Waals surface area contributed by atoms with Crippen molar-refractivity contribution in [3.63, 3.8) is 0 Å². The van der Waals surface area contributed by atoms with Crippen LogP contribution in [0.3, 0.4) is 0 Å². The van der Waals surface area contributed by atoms with Crippen molar-refractivity contribution >= 4 is 35.9 Å². The molecule has 0 amide bonds. The molecule has 0 aromatic heterocycles. The van der Waals surface area contributed by atoms with Gasteiger partial charge in [0.25, 0.3) is 0 Å². The Morgan fingerprint density at radius 1 is 0.923 bits per heavy atom. The topological polar surface area (TPSA) is 52.6 Å². The highest BCUT2D eigenvalue weighted by Gasteiger charge is 2.20. The molecular formula is C21H20O4S. The van der Waals surface area contributed by atoms with E-state index < -0.39 is 11.9 Å². The second-order valence-corrected chi connectivity index (χ2v) is 6.26. The van der Waals surface area contributed by atoms with Crippen LogP contribution < -0.4 is 0 Å². The van der Waals surface area contributed by atoms with Crippen molar-refractivity contribution in [3.8, 4) is 0 Å². The van der Waals surface area contributed by atoms with E-state index in [1.807, 2.05) is 54.6 Å². The number of esters is 2. The number of methoxy groups -OCH3 is 2. The molecule has 0 aliphatic rings. The van der Waals surface area contributed by atoms with Crippen molar-refractivity contribution in [1.29, 1.82) is 0 Å². The third-order valence-electron chi connectivity index (χ3n) is 3.47. The second-order valence-electron chi connectivity index (χ2n) is 5.20. The van der Waals surface area contributed by atoms with Crippen LogP contribution >= 0.6 is 11.8 Å². The Balaban J connectivity index is 2.16. The smallest absolute Gasteiger partial charge is 0.345 e. The Bertz CT molecular complexity index is 792. The third kappa shape index (κ3) is 5.63. The Labute approximate surface area is 157 Å². The Kier molecular flexibility index (Phi) is 7.71. The highest BCUT2D eigenvalue weighted by Crippen LogP contribution is 2.25. The number of ether oxygens (including phenoxy) is 2. The number of hydrogen-bond acceptors (Lipinski definition) is 5. The summed E-state index contributed by atoms with van der Waals surface area (Å²) in [5.41, 5.74) is 1.76. The van der Waals surface area contributed by atoms with Crippen molar-refractivity contribution in [2.75, 3.05) is 20.0 Å². The fraction of sp³-hybridized carbons (Fsp3) is 0.143. The molecule has 0 spiro atoms. The molecule has 5 heteroatoms. The molecule has 2 rings (SSSR count). The molecular weight excluding hydrogens is 348 g/mol. The first-order chi connectivity index (χ1) is 12.7. The molecule has 0 atom stereocenters. The molecule has 0 fully saturated rings. The molecule has 0 saturated heterocycles. The van der Waals surface area contributed by atoms with E-state index in [1.54, 1.807) is 11.8 Å².